The summed E-state index contributed by atoms with van der Waals surface area (Å²) in [5.74, 6) is 1.21. The lowest BCUT2D eigenvalue weighted by atomic mass is 10.1. The smallest absolute Gasteiger partial charge is 0.336 e. The maximum absolute atomic E-state index is 14.0. The summed E-state index contributed by atoms with van der Waals surface area (Å²) in [6, 6.07) is -2.38. The van der Waals surface area contributed by atoms with Gasteiger partial charge in [-0.05, 0) is 6.07 Å². The van der Waals surface area contributed by atoms with E-state index in [1.807, 2.05) is 0 Å². The van der Waals surface area contributed by atoms with Crippen molar-refractivity contribution in [3.8, 4) is 11.3 Å². The van der Waals surface area contributed by atoms with Gasteiger partial charge in [0.05, 0.1) is 0 Å². The number of benzene rings is 1. The van der Waals surface area contributed by atoms with Gasteiger partial charge in [0.1, 0.15) is 5.69 Å². The van der Waals surface area contributed by atoms with Gasteiger partial charge in [0.2, 0.25) is 0 Å². The molecule has 15 heteroatoms. The zero-order valence-electron chi connectivity index (χ0n) is 12.5. The predicted octanol–water partition coefficient (Wildman–Crippen LogP) is -0.387. The Morgan fingerprint density at radius 3 is 2.00 bits per heavy atom. The molecular weight excluding hydrogens is 366 g/mol. The van der Waals surface area contributed by atoms with Crippen LogP contribution in [0, 0.1) is 23.3 Å². The number of anilines is 2. The maximum atomic E-state index is 14.0. The van der Waals surface area contributed by atoms with Crippen molar-refractivity contribution >= 4 is 23.8 Å². The lowest BCUT2D eigenvalue weighted by Gasteiger charge is -2.18. The summed E-state index contributed by atoms with van der Waals surface area (Å²) in [5.41, 5.74) is 8.07. The Hall–Kier alpha value is -3.59. The average molecular weight is 375 g/mol. The normalized spacial score (nSPS) is 10.5. The Morgan fingerprint density at radius 2 is 1.46 bits per heavy atom. The largest absolute Gasteiger partial charge is 0.350 e. The molecular formula is C11H9F4N9O2. The van der Waals surface area contributed by atoms with E-state index in [0.717, 1.165) is 0 Å². The number of hydrogen-bond acceptors (Lipinski definition) is 7. The van der Waals surface area contributed by atoms with Crippen LogP contribution >= 0.6 is 0 Å². The van der Waals surface area contributed by atoms with Crippen molar-refractivity contribution in [3.05, 3.63) is 29.3 Å². The van der Waals surface area contributed by atoms with Crippen molar-refractivity contribution in [2.24, 2.45) is 23.2 Å². The van der Waals surface area contributed by atoms with Crippen LogP contribution in [0.4, 0.5) is 38.9 Å². The summed E-state index contributed by atoms with van der Waals surface area (Å²) in [5, 5.41) is 6.94. The molecule has 0 aliphatic rings. The number of halogens is 4. The topological polar surface area (TPSA) is 183 Å². The highest BCUT2D eigenvalue weighted by Crippen LogP contribution is 2.31. The second kappa shape index (κ2) is 6.73. The minimum Gasteiger partial charge on any atom is -0.350 e. The first-order valence-corrected chi connectivity index (χ1v) is 6.32. The summed E-state index contributed by atoms with van der Waals surface area (Å²) < 4.78 is 54.0. The highest BCUT2D eigenvalue weighted by molar-refractivity contribution is 5.93. The SMILES string of the molecule is NC(=O)N(N)c1nnc(-c2cc(F)c(F)c(F)c2F)c(N(N)C(N)=O)n1. The third kappa shape index (κ3) is 3.15. The molecule has 2 rings (SSSR count). The number of hydrogen-bond donors (Lipinski definition) is 4. The van der Waals surface area contributed by atoms with Gasteiger partial charge in [-0.25, -0.2) is 43.8 Å². The Bertz CT molecular complexity index is 910. The Morgan fingerprint density at radius 1 is 0.885 bits per heavy atom. The van der Waals surface area contributed by atoms with Crippen molar-refractivity contribution in [2.45, 2.75) is 0 Å². The van der Waals surface area contributed by atoms with Gasteiger partial charge in [-0.2, -0.15) is 9.99 Å². The number of carbonyl (C=O) groups excluding carboxylic acids is 2. The van der Waals surface area contributed by atoms with Crippen LogP contribution in [0.25, 0.3) is 11.3 Å². The van der Waals surface area contributed by atoms with E-state index in [9.17, 15) is 27.2 Å². The fraction of sp³-hybridized carbons (Fsp3) is 0. The summed E-state index contributed by atoms with van der Waals surface area (Å²) in [6.45, 7) is 0. The lowest BCUT2D eigenvalue weighted by molar-refractivity contribution is 0.253. The Balaban J connectivity index is 2.77. The Labute approximate surface area is 141 Å². The van der Waals surface area contributed by atoms with E-state index in [4.69, 9.17) is 23.2 Å². The van der Waals surface area contributed by atoms with Crippen LogP contribution in [0.3, 0.4) is 0 Å². The van der Waals surface area contributed by atoms with E-state index in [1.165, 1.54) is 0 Å². The van der Waals surface area contributed by atoms with Gasteiger partial charge in [0, 0.05) is 5.56 Å². The zero-order chi connectivity index (χ0) is 19.8. The first-order valence-electron chi connectivity index (χ1n) is 6.32. The van der Waals surface area contributed by atoms with Crippen LogP contribution in [0.1, 0.15) is 0 Å². The molecule has 26 heavy (non-hydrogen) atoms. The molecule has 2 aromatic rings. The second-order valence-corrected chi connectivity index (χ2v) is 4.55. The molecule has 0 aliphatic carbocycles. The molecule has 0 aliphatic heterocycles. The van der Waals surface area contributed by atoms with Gasteiger partial charge in [-0.1, -0.05) is 0 Å². The first kappa shape index (κ1) is 18.7. The quantitative estimate of drug-likeness (QED) is 0.141. The lowest BCUT2D eigenvalue weighted by Crippen LogP contribution is -2.45. The van der Waals surface area contributed by atoms with Gasteiger partial charge in [0.15, 0.2) is 29.1 Å². The number of primary amides is 2. The fourth-order valence-corrected chi connectivity index (χ4v) is 1.70. The van der Waals surface area contributed by atoms with Crippen molar-refractivity contribution in [1.29, 1.82) is 0 Å². The molecule has 0 saturated carbocycles. The molecule has 0 spiro atoms. The fourth-order valence-electron chi connectivity index (χ4n) is 1.70. The predicted molar refractivity (Wildman–Crippen MR) is 77.6 cm³/mol. The van der Waals surface area contributed by atoms with Gasteiger partial charge in [-0.15, -0.1) is 10.2 Å². The van der Waals surface area contributed by atoms with E-state index in [2.05, 4.69) is 15.2 Å². The highest BCUT2D eigenvalue weighted by Gasteiger charge is 2.27. The van der Waals surface area contributed by atoms with Crippen LogP contribution in [0.2, 0.25) is 0 Å². The van der Waals surface area contributed by atoms with Crippen LogP contribution < -0.4 is 33.2 Å². The minimum absolute atomic E-state index is 0.0982. The first-order chi connectivity index (χ1) is 12.1. The maximum Gasteiger partial charge on any atom is 0.336 e. The monoisotopic (exact) mass is 375 g/mol. The number of amides is 4. The van der Waals surface area contributed by atoms with E-state index >= 15 is 0 Å². The van der Waals surface area contributed by atoms with Crippen LogP contribution in [0.15, 0.2) is 6.07 Å². The van der Waals surface area contributed by atoms with Gasteiger partial charge in [0.25, 0.3) is 5.95 Å². The second-order valence-electron chi connectivity index (χ2n) is 4.55. The van der Waals surface area contributed by atoms with Crippen LogP contribution in [0.5, 0.6) is 0 Å². The molecule has 4 amide bonds. The minimum atomic E-state index is -2.16. The average Bonchev–Trinajstić information content (AvgIpc) is 2.61. The summed E-state index contributed by atoms with van der Waals surface area (Å²) in [4.78, 5) is 25.8. The summed E-state index contributed by atoms with van der Waals surface area (Å²) >= 11 is 0. The van der Waals surface area contributed by atoms with Gasteiger partial charge < -0.3 is 11.5 Å². The molecule has 11 nitrogen and oxygen atoms in total. The van der Waals surface area contributed by atoms with Crippen molar-refractivity contribution in [1.82, 2.24) is 15.2 Å². The molecule has 138 valence electrons. The molecule has 0 bridgehead atoms. The van der Waals surface area contributed by atoms with E-state index in [1.54, 1.807) is 0 Å². The van der Waals surface area contributed by atoms with Crippen LogP contribution in [-0.2, 0) is 0 Å². The number of hydrazine groups is 2. The third-order valence-corrected chi connectivity index (χ3v) is 2.93. The van der Waals surface area contributed by atoms with E-state index in [0.29, 0.717) is 0 Å². The third-order valence-electron chi connectivity index (χ3n) is 2.93. The summed E-state index contributed by atoms with van der Waals surface area (Å²) in [6.07, 6.45) is 0. The number of nitrogens with zero attached hydrogens (tertiary/aromatic N) is 5. The molecule has 8 N–H and O–H groups in total. The van der Waals surface area contributed by atoms with Crippen molar-refractivity contribution in [2.75, 3.05) is 10.0 Å². The van der Waals surface area contributed by atoms with Crippen molar-refractivity contribution < 1.29 is 27.2 Å². The van der Waals surface area contributed by atoms with Crippen molar-refractivity contribution in [3.63, 3.8) is 0 Å². The van der Waals surface area contributed by atoms with E-state index in [-0.39, 0.29) is 16.1 Å². The molecule has 1 aromatic carbocycles. The molecule has 1 heterocycles. The number of rotatable bonds is 3. The van der Waals surface area contributed by atoms with Gasteiger partial charge >= 0.3 is 12.1 Å². The molecule has 0 radical (unpaired) electrons. The summed E-state index contributed by atoms with van der Waals surface area (Å²) in [7, 11) is 0. The zero-order valence-corrected chi connectivity index (χ0v) is 12.5. The number of urea groups is 2. The van der Waals surface area contributed by atoms with Crippen LogP contribution in [-0.4, -0.2) is 27.2 Å². The number of nitrogens with two attached hydrogens (primary N) is 4. The molecule has 0 fully saturated rings. The van der Waals surface area contributed by atoms with Gasteiger partial charge in [-0.3, -0.25) is 0 Å². The molecule has 0 atom stereocenters. The standard InChI is InChI=1S/C11H9F4N9O2/c12-3-1-2(4(13)6(15)5(3)14)7-8(23(18)9(16)25)20-11(22-21-7)24(19)10(17)26/h1H,18-19H2,(H2,16,25)(H2,17,26). The molecule has 0 saturated heterocycles. The molecule has 1 aromatic heterocycles. The number of carbonyl (C=O) groups is 2. The number of aromatic nitrogens is 3. The Kier molecular flexibility index (Phi) is 4.85. The molecule has 0 unspecified atom stereocenters. The highest BCUT2D eigenvalue weighted by atomic mass is 19.2. The van der Waals surface area contributed by atoms with E-state index < -0.39 is 58.4 Å².